The minimum Gasteiger partial charge on any atom is -0.302 e. The molecule has 2 aromatic heterocycles. The molecule has 7 nitrogen and oxygen atoms in total. The highest BCUT2D eigenvalue weighted by Gasteiger charge is 2.33. The molecule has 0 saturated heterocycles. The van der Waals surface area contributed by atoms with Gasteiger partial charge in [0.2, 0.25) is 0 Å². The number of anilines is 1. The van der Waals surface area contributed by atoms with Crippen LogP contribution in [0.15, 0.2) is 70.9 Å². The average Bonchev–Trinajstić information content (AvgIpc) is 3.46. The van der Waals surface area contributed by atoms with E-state index in [1.807, 2.05) is 68.6 Å². The first-order valence-corrected chi connectivity index (χ1v) is 14.1. The van der Waals surface area contributed by atoms with Gasteiger partial charge in [0, 0.05) is 49.1 Å². The first kappa shape index (κ1) is 24.7. The smallest absolute Gasteiger partial charge is 0.258 e. The summed E-state index contributed by atoms with van der Waals surface area (Å²) in [4.78, 5) is 15.3. The van der Waals surface area contributed by atoms with E-state index in [1.54, 1.807) is 21.7 Å². The summed E-state index contributed by atoms with van der Waals surface area (Å²) in [6.45, 7) is 2.75. The molecule has 0 saturated carbocycles. The van der Waals surface area contributed by atoms with Crippen molar-refractivity contribution in [1.82, 2.24) is 14.1 Å². The van der Waals surface area contributed by atoms with Crippen LogP contribution < -0.4 is 4.90 Å². The molecule has 0 atom stereocenters. The number of halogens is 1. The Bertz CT molecular complexity index is 1510. The average molecular weight is 541 g/mol. The first-order valence-electron chi connectivity index (χ1n) is 11.5. The Morgan fingerprint density at radius 1 is 1.08 bits per heavy atom. The highest BCUT2D eigenvalue weighted by atomic mass is 35.5. The number of amides is 1. The maximum atomic E-state index is 13.6. The van der Waals surface area contributed by atoms with Crippen LogP contribution in [0.25, 0.3) is 0 Å². The van der Waals surface area contributed by atoms with Gasteiger partial charge in [-0.05, 0) is 43.3 Å². The Balaban J connectivity index is 1.49. The van der Waals surface area contributed by atoms with Crippen molar-refractivity contribution in [3.63, 3.8) is 0 Å². The minimum absolute atomic E-state index is 0.144. The van der Waals surface area contributed by atoms with Crippen LogP contribution in [0.5, 0.6) is 0 Å². The summed E-state index contributed by atoms with van der Waals surface area (Å²) in [5.41, 5.74) is 4.90. The number of para-hydroxylation sites is 1. The number of fused-ring (bicyclic) bond motifs is 1. The Hall–Kier alpha value is -2.98. The highest BCUT2D eigenvalue weighted by Crippen LogP contribution is 2.32. The third-order valence-electron chi connectivity index (χ3n) is 6.35. The maximum Gasteiger partial charge on any atom is 0.258 e. The molecule has 2 aromatic carbocycles. The van der Waals surface area contributed by atoms with Gasteiger partial charge < -0.3 is 4.90 Å². The number of hydrogen-bond donors (Lipinski definition) is 0. The lowest BCUT2D eigenvalue weighted by Gasteiger charge is -2.27. The lowest BCUT2D eigenvalue weighted by atomic mass is 10.1. The van der Waals surface area contributed by atoms with Gasteiger partial charge in [0.25, 0.3) is 15.9 Å². The standard InChI is InChI=1S/C26H25ClN4O3S2/c1-18-8-10-19(11-9-18)26(32)31(20-6-4-3-5-7-20)17-22-21-16-30(15-14-23(21)29(2)28-22)36(33,34)25-13-12-24(27)35-25/h3-13H,14-17H2,1-2H3. The molecule has 0 aliphatic carbocycles. The zero-order chi connectivity index (χ0) is 25.4. The van der Waals surface area contributed by atoms with E-state index in [9.17, 15) is 13.2 Å². The van der Waals surface area contributed by atoms with E-state index < -0.39 is 10.0 Å². The summed E-state index contributed by atoms with van der Waals surface area (Å²) in [6.07, 6.45) is 0.536. The second-order valence-electron chi connectivity index (χ2n) is 8.74. The van der Waals surface area contributed by atoms with Crippen LogP contribution in [0.4, 0.5) is 5.69 Å². The summed E-state index contributed by atoms with van der Waals surface area (Å²) in [5.74, 6) is -0.144. The Kier molecular flexibility index (Phi) is 6.74. The number of aryl methyl sites for hydroxylation is 2. The molecule has 0 bridgehead atoms. The third kappa shape index (κ3) is 4.71. The monoisotopic (exact) mass is 540 g/mol. The summed E-state index contributed by atoms with van der Waals surface area (Å²) in [7, 11) is -1.82. The summed E-state index contributed by atoms with van der Waals surface area (Å²) >= 11 is 7.06. The molecule has 5 rings (SSSR count). The quantitative estimate of drug-likeness (QED) is 0.343. The van der Waals surface area contributed by atoms with Gasteiger partial charge in [0.05, 0.1) is 16.6 Å². The lowest BCUT2D eigenvalue weighted by molar-refractivity contribution is 0.0984. The third-order valence-corrected chi connectivity index (χ3v) is 9.90. The molecule has 186 valence electrons. The zero-order valence-corrected chi connectivity index (χ0v) is 22.3. The van der Waals surface area contributed by atoms with Crippen LogP contribution in [-0.2, 0) is 36.6 Å². The van der Waals surface area contributed by atoms with Crippen LogP contribution >= 0.6 is 22.9 Å². The molecular formula is C26H25ClN4O3S2. The summed E-state index contributed by atoms with van der Waals surface area (Å²) < 4.78 is 30.5. The molecule has 10 heteroatoms. The fraction of sp³-hybridized carbons (Fsp3) is 0.231. The van der Waals surface area contributed by atoms with Gasteiger partial charge in [0.15, 0.2) is 0 Å². The number of hydrogen-bond acceptors (Lipinski definition) is 5. The molecule has 1 amide bonds. The Morgan fingerprint density at radius 2 is 1.81 bits per heavy atom. The van der Waals surface area contributed by atoms with E-state index in [1.165, 1.54) is 4.31 Å². The van der Waals surface area contributed by atoms with Crippen molar-refractivity contribution in [3.8, 4) is 0 Å². The van der Waals surface area contributed by atoms with Crippen molar-refractivity contribution in [2.75, 3.05) is 11.4 Å². The fourth-order valence-corrected chi connectivity index (χ4v) is 7.48. The number of thiophene rings is 1. The molecule has 1 aliphatic rings. The van der Waals surface area contributed by atoms with Gasteiger partial charge in [0.1, 0.15) is 4.21 Å². The fourth-order valence-electron chi connectivity index (χ4n) is 4.43. The summed E-state index contributed by atoms with van der Waals surface area (Å²) in [6, 6.07) is 20.1. The van der Waals surface area contributed by atoms with E-state index in [0.717, 1.165) is 33.8 Å². The van der Waals surface area contributed by atoms with E-state index in [2.05, 4.69) is 0 Å². The second kappa shape index (κ2) is 9.82. The molecule has 0 fully saturated rings. The molecule has 4 aromatic rings. The largest absolute Gasteiger partial charge is 0.302 e. The highest BCUT2D eigenvalue weighted by molar-refractivity contribution is 7.91. The number of benzene rings is 2. The number of sulfonamides is 1. The molecule has 36 heavy (non-hydrogen) atoms. The van der Waals surface area contributed by atoms with Crippen LogP contribution in [-0.4, -0.2) is 35.0 Å². The van der Waals surface area contributed by atoms with Gasteiger partial charge in [-0.2, -0.15) is 9.40 Å². The molecule has 0 unspecified atom stereocenters. The van der Waals surface area contributed by atoms with Crippen LogP contribution in [0.3, 0.4) is 0 Å². The van der Waals surface area contributed by atoms with Gasteiger partial charge in [-0.1, -0.05) is 47.5 Å². The normalized spacial score (nSPS) is 14.0. The van der Waals surface area contributed by atoms with E-state index in [4.69, 9.17) is 16.7 Å². The van der Waals surface area contributed by atoms with E-state index in [-0.39, 0.29) is 23.2 Å². The van der Waals surface area contributed by atoms with Crippen molar-refractivity contribution in [2.24, 2.45) is 7.05 Å². The van der Waals surface area contributed by atoms with Crippen molar-refractivity contribution >= 4 is 44.6 Å². The van der Waals surface area contributed by atoms with Crippen molar-refractivity contribution < 1.29 is 13.2 Å². The number of rotatable bonds is 6. The minimum atomic E-state index is -3.69. The lowest BCUT2D eigenvalue weighted by Crippen LogP contribution is -2.36. The van der Waals surface area contributed by atoms with Gasteiger partial charge >= 0.3 is 0 Å². The van der Waals surface area contributed by atoms with E-state index in [0.29, 0.717) is 28.6 Å². The SMILES string of the molecule is Cc1ccc(C(=O)N(Cc2nn(C)c3c2CN(S(=O)(=O)c2ccc(Cl)s2)CC3)c2ccccc2)cc1. The number of nitrogens with zero attached hydrogens (tertiary/aromatic N) is 4. The second-order valence-corrected chi connectivity index (χ2v) is 12.6. The zero-order valence-electron chi connectivity index (χ0n) is 19.9. The summed E-state index contributed by atoms with van der Waals surface area (Å²) in [5, 5.41) is 4.72. The first-order chi connectivity index (χ1) is 17.2. The van der Waals surface area contributed by atoms with Gasteiger partial charge in [-0.25, -0.2) is 8.42 Å². The maximum absolute atomic E-state index is 13.6. The number of aromatic nitrogens is 2. The molecule has 0 spiro atoms. The topological polar surface area (TPSA) is 75.5 Å². The Labute approximate surface area is 219 Å². The predicted molar refractivity (Wildman–Crippen MR) is 142 cm³/mol. The molecule has 1 aliphatic heterocycles. The number of carbonyl (C=O) groups excluding carboxylic acids is 1. The van der Waals surface area contributed by atoms with Crippen molar-refractivity contribution in [1.29, 1.82) is 0 Å². The molecular weight excluding hydrogens is 516 g/mol. The van der Waals surface area contributed by atoms with Crippen LogP contribution in [0.1, 0.15) is 32.9 Å². The van der Waals surface area contributed by atoms with Crippen LogP contribution in [0.2, 0.25) is 4.34 Å². The Morgan fingerprint density at radius 3 is 2.47 bits per heavy atom. The number of carbonyl (C=O) groups is 1. The molecule has 0 radical (unpaired) electrons. The predicted octanol–water partition coefficient (Wildman–Crippen LogP) is 5.04. The van der Waals surface area contributed by atoms with Crippen molar-refractivity contribution in [3.05, 3.63) is 99.1 Å². The van der Waals surface area contributed by atoms with Gasteiger partial charge in [-0.3, -0.25) is 9.48 Å². The van der Waals surface area contributed by atoms with Crippen LogP contribution in [0, 0.1) is 6.92 Å². The van der Waals surface area contributed by atoms with Gasteiger partial charge in [-0.15, -0.1) is 11.3 Å². The molecule has 0 N–H and O–H groups in total. The van der Waals surface area contributed by atoms with Crippen molar-refractivity contribution in [2.45, 2.75) is 30.6 Å². The van der Waals surface area contributed by atoms with E-state index >= 15 is 0 Å². The molecule has 3 heterocycles.